The van der Waals surface area contributed by atoms with Crippen molar-refractivity contribution in [1.29, 1.82) is 0 Å². The summed E-state index contributed by atoms with van der Waals surface area (Å²) < 4.78 is 0. The molecule has 1 aromatic heterocycles. The van der Waals surface area contributed by atoms with Gasteiger partial charge in [-0.15, -0.1) is 0 Å². The van der Waals surface area contributed by atoms with E-state index in [0.717, 1.165) is 11.5 Å². The van der Waals surface area contributed by atoms with Gasteiger partial charge >= 0.3 is 0 Å². The Hall–Kier alpha value is -0.760. The predicted octanol–water partition coefficient (Wildman–Crippen LogP) is 2.09. The normalized spacial score (nSPS) is 9.50. The summed E-state index contributed by atoms with van der Waals surface area (Å²) in [7, 11) is 1.80. The van der Waals surface area contributed by atoms with Crippen molar-refractivity contribution >= 4 is 17.4 Å². The lowest BCUT2D eigenvalue weighted by Crippen LogP contribution is -1.93. The van der Waals surface area contributed by atoms with Crippen LogP contribution in [0, 0.1) is 6.92 Å². The second-order valence-corrected chi connectivity index (χ2v) is 2.44. The lowest BCUT2D eigenvalue weighted by molar-refractivity contribution is 1.19. The molecule has 0 aliphatic rings. The largest absolute Gasteiger partial charge is 0.372 e. The van der Waals surface area contributed by atoms with E-state index < -0.39 is 0 Å². The number of rotatable bonds is 1. The summed E-state index contributed by atoms with van der Waals surface area (Å²) in [6.07, 6.45) is 0. The molecule has 0 spiro atoms. The standard InChI is InChI=1S/C7H9ClN2/c1-5-3-4-6(8)7(9-2)10-5/h3-4H,1-2H3,(H,9,10). The van der Waals surface area contributed by atoms with Crippen molar-refractivity contribution in [2.24, 2.45) is 0 Å². The van der Waals surface area contributed by atoms with Gasteiger partial charge in [-0.3, -0.25) is 0 Å². The minimum absolute atomic E-state index is 0.660. The minimum atomic E-state index is 0.660. The van der Waals surface area contributed by atoms with Crippen LogP contribution in [0.3, 0.4) is 0 Å². The highest BCUT2D eigenvalue weighted by atomic mass is 35.5. The zero-order valence-corrected chi connectivity index (χ0v) is 6.74. The highest BCUT2D eigenvalue weighted by molar-refractivity contribution is 6.32. The van der Waals surface area contributed by atoms with Gasteiger partial charge in [-0.2, -0.15) is 0 Å². The number of hydrogen-bond donors (Lipinski definition) is 1. The fourth-order valence-corrected chi connectivity index (χ4v) is 0.915. The molecule has 2 nitrogen and oxygen atoms in total. The van der Waals surface area contributed by atoms with Crippen LogP contribution in [-0.4, -0.2) is 12.0 Å². The van der Waals surface area contributed by atoms with Crippen molar-refractivity contribution in [1.82, 2.24) is 4.98 Å². The Labute approximate surface area is 65.2 Å². The van der Waals surface area contributed by atoms with E-state index in [4.69, 9.17) is 11.6 Å². The molecule has 0 atom stereocenters. The van der Waals surface area contributed by atoms with Gasteiger partial charge in [0, 0.05) is 12.7 Å². The van der Waals surface area contributed by atoms with E-state index in [1.54, 1.807) is 7.05 Å². The molecule has 0 aliphatic carbocycles. The quantitative estimate of drug-likeness (QED) is 0.674. The molecule has 1 N–H and O–H groups in total. The summed E-state index contributed by atoms with van der Waals surface area (Å²) in [5.41, 5.74) is 0.966. The van der Waals surface area contributed by atoms with E-state index in [2.05, 4.69) is 10.3 Å². The number of aryl methyl sites for hydroxylation is 1. The first-order valence-electron chi connectivity index (χ1n) is 3.05. The molecule has 0 unspecified atom stereocenters. The predicted molar refractivity (Wildman–Crippen MR) is 43.5 cm³/mol. The molecule has 54 valence electrons. The summed E-state index contributed by atoms with van der Waals surface area (Å²) in [5, 5.41) is 3.55. The number of anilines is 1. The molecule has 3 heteroatoms. The monoisotopic (exact) mass is 156 g/mol. The fraction of sp³-hybridized carbons (Fsp3) is 0.286. The maximum Gasteiger partial charge on any atom is 0.144 e. The average molecular weight is 157 g/mol. The molecular formula is C7H9ClN2. The van der Waals surface area contributed by atoms with Crippen molar-refractivity contribution in [3.63, 3.8) is 0 Å². The number of nitrogens with one attached hydrogen (secondary N) is 1. The number of pyridine rings is 1. The summed E-state index contributed by atoms with van der Waals surface area (Å²) in [4.78, 5) is 4.15. The smallest absolute Gasteiger partial charge is 0.144 e. The number of nitrogens with zero attached hydrogens (tertiary/aromatic N) is 1. The van der Waals surface area contributed by atoms with Gasteiger partial charge in [0.05, 0.1) is 5.02 Å². The van der Waals surface area contributed by atoms with E-state index in [9.17, 15) is 0 Å². The van der Waals surface area contributed by atoms with E-state index in [0.29, 0.717) is 5.02 Å². The van der Waals surface area contributed by atoms with Crippen LogP contribution in [0.4, 0.5) is 5.82 Å². The Balaban J connectivity index is 3.09. The molecule has 0 saturated heterocycles. The zero-order valence-electron chi connectivity index (χ0n) is 5.98. The third kappa shape index (κ3) is 1.39. The van der Waals surface area contributed by atoms with Gasteiger partial charge in [-0.25, -0.2) is 4.98 Å². The molecule has 1 rings (SSSR count). The maximum absolute atomic E-state index is 5.77. The first-order chi connectivity index (χ1) is 4.74. The maximum atomic E-state index is 5.77. The Morgan fingerprint density at radius 3 is 2.70 bits per heavy atom. The van der Waals surface area contributed by atoms with Gasteiger partial charge in [0.25, 0.3) is 0 Å². The second kappa shape index (κ2) is 2.88. The van der Waals surface area contributed by atoms with Crippen LogP contribution in [-0.2, 0) is 0 Å². The van der Waals surface area contributed by atoms with Gasteiger partial charge < -0.3 is 5.32 Å². The number of hydrogen-bond acceptors (Lipinski definition) is 2. The molecule has 1 aromatic rings. The Bertz CT molecular complexity index is 235. The first-order valence-corrected chi connectivity index (χ1v) is 3.42. The summed E-state index contributed by atoms with van der Waals surface area (Å²) in [6.45, 7) is 1.93. The first kappa shape index (κ1) is 7.35. The van der Waals surface area contributed by atoms with Gasteiger partial charge in [0.2, 0.25) is 0 Å². The molecule has 10 heavy (non-hydrogen) atoms. The molecule has 0 amide bonds. The summed E-state index contributed by atoms with van der Waals surface area (Å²) >= 11 is 5.77. The fourth-order valence-electron chi connectivity index (χ4n) is 0.715. The van der Waals surface area contributed by atoms with Crippen molar-refractivity contribution < 1.29 is 0 Å². The third-order valence-electron chi connectivity index (χ3n) is 1.22. The molecule has 1 heterocycles. The van der Waals surface area contributed by atoms with Crippen LogP contribution in [0.5, 0.6) is 0 Å². The van der Waals surface area contributed by atoms with Crippen LogP contribution >= 0.6 is 11.6 Å². The van der Waals surface area contributed by atoms with Gasteiger partial charge in [-0.05, 0) is 19.1 Å². The van der Waals surface area contributed by atoms with Crippen LogP contribution in [0.25, 0.3) is 0 Å². The van der Waals surface area contributed by atoms with Crippen LogP contribution in [0.2, 0.25) is 5.02 Å². The van der Waals surface area contributed by atoms with Crippen molar-refractivity contribution in [2.45, 2.75) is 6.92 Å². The summed E-state index contributed by atoms with van der Waals surface area (Å²) in [6, 6.07) is 3.71. The molecular weight excluding hydrogens is 148 g/mol. The molecule has 0 fully saturated rings. The Morgan fingerprint density at radius 2 is 2.20 bits per heavy atom. The second-order valence-electron chi connectivity index (χ2n) is 2.03. The van der Waals surface area contributed by atoms with Crippen LogP contribution in [0.1, 0.15) is 5.69 Å². The van der Waals surface area contributed by atoms with Crippen LogP contribution < -0.4 is 5.32 Å². The molecule has 0 radical (unpaired) electrons. The average Bonchev–Trinajstić information content (AvgIpc) is 1.94. The topological polar surface area (TPSA) is 24.9 Å². The van der Waals surface area contributed by atoms with Gasteiger partial charge in [0.1, 0.15) is 5.82 Å². The van der Waals surface area contributed by atoms with E-state index in [1.165, 1.54) is 0 Å². The molecule has 0 aliphatic heterocycles. The molecule has 0 saturated carbocycles. The number of aromatic nitrogens is 1. The third-order valence-corrected chi connectivity index (χ3v) is 1.53. The van der Waals surface area contributed by atoms with Gasteiger partial charge in [-0.1, -0.05) is 11.6 Å². The highest BCUT2D eigenvalue weighted by Crippen LogP contribution is 2.17. The van der Waals surface area contributed by atoms with E-state index in [1.807, 2.05) is 19.1 Å². The minimum Gasteiger partial charge on any atom is -0.372 e. The molecule has 0 bridgehead atoms. The Morgan fingerprint density at radius 1 is 1.50 bits per heavy atom. The Kier molecular flexibility index (Phi) is 2.12. The SMILES string of the molecule is CNc1nc(C)ccc1Cl. The lowest BCUT2D eigenvalue weighted by Gasteiger charge is -2.01. The van der Waals surface area contributed by atoms with E-state index in [-0.39, 0.29) is 0 Å². The highest BCUT2D eigenvalue weighted by Gasteiger charge is 1.96. The van der Waals surface area contributed by atoms with E-state index >= 15 is 0 Å². The number of halogens is 1. The zero-order chi connectivity index (χ0) is 7.56. The summed E-state index contributed by atoms with van der Waals surface area (Å²) in [5.74, 6) is 0.738. The van der Waals surface area contributed by atoms with Crippen molar-refractivity contribution in [3.05, 3.63) is 22.8 Å². The van der Waals surface area contributed by atoms with Crippen LogP contribution in [0.15, 0.2) is 12.1 Å². The van der Waals surface area contributed by atoms with Crippen molar-refractivity contribution in [2.75, 3.05) is 12.4 Å². The molecule has 0 aromatic carbocycles. The lowest BCUT2D eigenvalue weighted by atomic mass is 10.4. The van der Waals surface area contributed by atoms with Crippen molar-refractivity contribution in [3.8, 4) is 0 Å². The van der Waals surface area contributed by atoms with Gasteiger partial charge in [0.15, 0.2) is 0 Å².